The van der Waals surface area contributed by atoms with Crippen LogP contribution in [0.2, 0.25) is 0 Å². The van der Waals surface area contributed by atoms with Crippen molar-refractivity contribution in [3.8, 4) is 0 Å². The first kappa shape index (κ1) is 14.7. The van der Waals surface area contributed by atoms with Crippen molar-refractivity contribution in [1.29, 1.82) is 0 Å². The third-order valence-electron chi connectivity index (χ3n) is 2.43. The van der Waals surface area contributed by atoms with Gasteiger partial charge in [-0.3, -0.25) is 19.2 Å². The van der Waals surface area contributed by atoms with E-state index in [1.54, 1.807) is 0 Å². The van der Waals surface area contributed by atoms with Crippen molar-refractivity contribution in [3.05, 3.63) is 46.3 Å². The van der Waals surface area contributed by atoms with Crippen LogP contribution in [-0.4, -0.2) is 34.6 Å². The molecule has 20 heavy (non-hydrogen) atoms. The fraction of sp³-hybridized carbons (Fsp3) is 0.143. The molecule has 0 aromatic rings. The maximum atomic E-state index is 11.5. The Morgan fingerprint density at radius 2 is 1.05 bits per heavy atom. The van der Waals surface area contributed by atoms with Gasteiger partial charge in [0.2, 0.25) is 0 Å². The summed E-state index contributed by atoms with van der Waals surface area (Å²) in [4.78, 5) is 46.1. The second kappa shape index (κ2) is 6.67. The lowest BCUT2D eigenvalue weighted by atomic mass is 10.2. The van der Waals surface area contributed by atoms with Gasteiger partial charge in [0.15, 0.2) is 23.1 Å². The summed E-state index contributed by atoms with van der Waals surface area (Å²) in [5.41, 5.74) is 0. The first-order valence-electron chi connectivity index (χ1n) is 5.78. The zero-order valence-corrected chi connectivity index (χ0v) is 12.0. The molecule has 0 saturated carbocycles. The van der Waals surface area contributed by atoms with Crippen LogP contribution < -0.4 is 0 Å². The van der Waals surface area contributed by atoms with Gasteiger partial charge in [0.1, 0.15) is 0 Å². The van der Waals surface area contributed by atoms with Crippen LogP contribution in [0.5, 0.6) is 0 Å². The third-order valence-corrected chi connectivity index (χ3v) is 4.76. The molecule has 2 aliphatic carbocycles. The van der Waals surface area contributed by atoms with Gasteiger partial charge in [0.05, 0.1) is 9.81 Å². The van der Waals surface area contributed by atoms with Crippen LogP contribution >= 0.6 is 23.5 Å². The number of thioether (sulfide) groups is 2. The molecule has 0 spiro atoms. The van der Waals surface area contributed by atoms with Gasteiger partial charge in [0.25, 0.3) is 0 Å². The van der Waals surface area contributed by atoms with Crippen LogP contribution in [-0.2, 0) is 19.2 Å². The topological polar surface area (TPSA) is 68.3 Å². The van der Waals surface area contributed by atoms with Crippen LogP contribution in [0.4, 0.5) is 0 Å². The largest absolute Gasteiger partial charge is 0.290 e. The van der Waals surface area contributed by atoms with E-state index < -0.39 is 0 Å². The summed E-state index contributed by atoms with van der Waals surface area (Å²) < 4.78 is 0. The Kier molecular flexibility index (Phi) is 4.92. The molecule has 0 heterocycles. The van der Waals surface area contributed by atoms with Gasteiger partial charge >= 0.3 is 0 Å². The lowest BCUT2D eigenvalue weighted by Crippen LogP contribution is -2.07. The Morgan fingerprint density at radius 3 is 1.45 bits per heavy atom. The Bertz CT molecular complexity index is 555. The lowest BCUT2D eigenvalue weighted by Gasteiger charge is -2.08. The molecule has 0 unspecified atom stereocenters. The summed E-state index contributed by atoms with van der Waals surface area (Å²) in [6, 6.07) is 0. The summed E-state index contributed by atoms with van der Waals surface area (Å²) in [5, 5.41) is 0. The number of carbonyl (C=O) groups excluding carboxylic acids is 4. The molecule has 0 aliphatic heterocycles. The maximum Gasteiger partial charge on any atom is 0.192 e. The van der Waals surface area contributed by atoms with E-state index in [1.165, 1.54) is 60.0 Å². The first-order chi connectivity index (χ1) is 9.56. The molecule has 2 rings (SSSR count). The number of hydrogen-bond acceptors (Lipinski definition) is 6. The van der Waals surface area contributed by atoms with Gasteiger partial charge in [-0.05, 0) is 24.3 Å². The highest BCUT2D eigenvalue weighted by Gasteiger charge is 2.15. The van der Waals surface area contributed by atoms with Crippen LogP contribution in [0, 0.1) is 0 Å². The Morgan fingerprint density at radius 1 is 0.650 bits per heavy atom. The molecule has 0 fully saturated rings. The molecule has 0 bridgehead atoms. The van der Waals surface area contributed by atoms with Crippen LogP contribution in [0.1, 0.15) is 0 Å². The Balaban J connectivity index is 1.80. The van der Waals surface area contributed by atoms with E-state index in [2.05, 4.69) is 0 Å². The van der Waals surface area contributed by atoms with Gasteiger partial charge in [-0.15, -0.1) is 23.5 Å². The average Bonchev–Trinajstić information content (AvgIpc) is 2.42. The highest BCUT2D eigenvalue weighted by atomic mass is 32.2. The maximum absolute atomic E-state index is 11.5. The van der Waals surface area contributed by atoms with Gasteiger partial charge in [-0.25, -0.2) is 0 Å². The molecular weight excluding hydrogens is 296 g/mol. The fourth-order valence-corrected chi connectivity index (χ4v) is 3.43. The SMILES string of the molecule is O=C1C=CC(=O)C(SCCSC2=CC(=O)C=CC2=O)=C1. The van der Waals surface area contributed by atoms with Crippen molar-refractivity contribution < 1.29 is 19.2 Å². The molecule has 102 valence electrons. The standard InChI is InChI=1S/C14H10O4S2/c15-9-1-3-11(17)13(7-9)19-5-6-20-14-8-10(16)2-4-12(14)18/h1-4,7-8H,5-6H2. The number of rotatable bonds is 5. The molecular formula is C14H10O4S2. The van der Waals surface area contributed by atoms with Gasteiger partial charge in [0, 0.05) is 23.7 Å². The minimum Gasteiger partial charge on any atom is -0.290 e. The van der Waals surface area contributed by atoms with Gasteiger partial charge in [-0.2, -0.15) is 0 Å². The number of carbonyl (C=O) groups is 4. The van der Waals surface area contributed by atoms with E-state index >= 15 is 0 Å². The van der Waals surface area contributed by atoms with Gasteiger partial charge in [-0.1, -0.05) is 0 Å². The van der Waals surface area contributed by atoms with Crippen molar-refractivity contribution in [2.45, 2.75) is 0 Å². The van der Waals surface area contributed by atoms with E-state index in [0.717, 1.165) is 0 Å². The molecule has 0 atom stereocenters. The molecule has 4 nitrogen and oxygen atoms in total. The smallest absolute Gasteiger partial charge is 0.192 e. The second-order valence-electron chi connectivity index (χ2n) is 3.91. The third kappa shape index (κ3) is 3.91. The highest BCUT2D eigenvalue weighted by molar-refractivity contribution is 8.07. The number of hydrogen-bond donors (Lipinski definition) is 0. The van der Waals surface area contributed by atoms with Crippen molar-refractivity contribution in [1.82, 2.24) is 0 Å². The highest BCUT2D eigenvalue weighted by Crippen LogP contribution is 2.25. The summed E-state index contributed by atoms with van der Waals surface area (Å²) in [5.74, 6) is 0.412. The average molecular weight is 306 g/mol. The van der Waals surface area contributed by atoms with E-state index in [-0.39, 0.29) is 23.1 Å². The van der Waals surface area contributed by atoms with Gasteiger partial charge < -0.3 is 0 Å². The lowest BCUT2D eigenvalue weighted by molar-refractivity contribution is -0.114. The molecule has 0 amide bonds. The monoisotopic (exact) mass is 306 g/mol. The predicted molar refractivity (Wildman–Crippen MR) is 79.4 cm³/mol. The normalized spacial score (nSPS) is 18.4. The fourth-order valence-electron chi connectivity index (χ4n) is 1.51. The summed E-state index contributed by atoms with van der Waals surface area (Å²) in [7, 11) is 0. The van der Waals surface area contributed by atoms with Crippen LogP contribution in [0.15, 0.2) is 46.3 Å². The van der Waals surface area contributed by atoms with Crippen molar-refractivity contribution >= 4 is 46.7 Å². The zero-order valence-electron chi connectivity index (χ0n) is 10.3. The molecule has 2 aliphatic rings. The molecule has 0 aromatic heterocycles. The summed E-state index contributed by atoms with van der Waals surface area (Å²) >= 11 is 2.55. The van der Waals surface area contributed by atoms with Crippen molar-refractivity contribution in [2.75, 3.05) is 11.5 Å². The minimum atomic E-state index is -0.194. The molecule has 0 N–H and O–H groups in total. The molecule has 0 saturated heterocycles. The van der Waals surface area contributed by atoms with Crippen molar-refractivity contribution in [3.63, 3.8) is 0 Å². The Hall–Kier alpha value is -1.66. The van der Waals surface area contributed by atoms with E-state index in [1.807, 2.05) is 0 Å². The zero-order chi connectivity index (χ0) is 14.5. The molecule has 0 aromatic carbocycles. The van der Waals surface area contributed by atoms with E-state index in [9.17, 15) is 19.2 Å². The van der Waals surface area contributed by atoms with E-state index in [4.69, 9.17) is 0 Å². The summed E-state index contributed by atoms with van der Waals surface area (Å²) in [6.45, 7) is 0. The predicted octanol–water partition coefficient (Wildman–Crippen LogP) is 1.64. The molecule has 6 heteroatoms. The number of ketones is 4. The van der Waals surface area contributed by atoms with Crippen molar-refractivity contribution in [2.24, 2.45) is 0 Å². The number of allylic oxidation sites excluding steroid dienone is 8. The second-order valence-corrected chi connectivity index (χ2v) is 6.19. The molecule has 0 radical (unpaired) electrons. The van der Waals surface area contributed by atoms with Crippen LogP contribution in [0.3, 0.4) is 0 Å². The quantitative estimate of drug-likeness (QED) is 0.568. The first-order valence-corrected chi connectivity index (χ1v) is 7.75. The minimum absolute atomic E-state index is 0.175. The van der Waals surface area contributed by atoms with Crippen LogP contribution in [0.25, 0.3) is 0 Å². The van der Waals surface area contributed by atoms with E-state index in [0.29, 0.717) is 21.3 Å². The summed E-state index contributed by atoms with van der Waals surface area (Å²) in [6.07, 6.45) is 7.63. The Labute approximate surface area is 124 Å².